The van der Waals surface area contributed by atoms with Crippen LogP contribution in [0.25, 0.3) is 0 Å². The lowest BCUT2D eigenvalue weighted by Gasteiger charge is -2.29. The Labute approximate surface area is 116 Å². The van der Waals surface area contributed by atoms with E-state index in [1.807, 2.05) is 51.3 Å². The highest BCUT2D eigenvalue weighted by molar-refractivity contribution is 9.09. The molecule has 0 bridgehead atoms. The molecule has 0 saturated carbocycles. The fourth-order valence-electron chi connectivity index (χ4n) is 1.29. The van der Waals surface area contributed by atoms with E-state index >= 15 is 0 Å². The van der Waals surface area contributed by atoms with Gasteiger partial charge in [0.05, 0.1) is 5.56 Å². The zero-order chi connectivity index (χ0) is 13.1. The minimum atomic E-state index is -0.275. The van der Waals surface area contributed by atoms with Gasteiger partial charge < -0.3 is 5.32 Å². The van der Waals surface area contributed by atoms with Crippen molar-refractivity contribution in [3.8, 4) is 0 Å². The zero-order valence-corrected chi connectivity index (χ0v) is 13.0. The molecule has 1 amide bonds. The number of rotatable bonds is 4. The Kier molecular flexibility index (Phi) is 5.07. The first-order chi connectivity index (χ1) is 7.88. The van der Waals surface area contributed by atoms with Crippen molar-refractivity contribution in [3.63, 3.8) is 0 Å². The van der Waals surface area contributed by atoms with Crippen molar-refractivity contribution in [1.29, 1.82) is 0 Å². The van der Waals surface area contributed by atoms with Gasteiger partial charge in [0.15, 0.2) is 0 Å². The molecule has 1 N–H and O–H groups in total. The fraction of sp³-hybridized carbons (Fsp3) is 0.462. The number of halogens is 1. The third-order valence-electron chi connectivity index (χ3n) is 2.78. The first-order valence-electron chi connectivity index (χ1n) is 5.48. The van der Waals surface area contributed by atoms with Crippen molar-refractivity contribution in [3.05, 3.63) is 29.8 Å². The minimum absolute atomic E-state index is 0.0220. The molecule has 4 heteroatoms. The summed E-state index contributed by atoms with van der Waals surface area (Å²) in [5, 5.41) is 3.05. The van der Waals surface area contributed by atoms with Crippen LogP contribution in [0, 0.1) is 0 Å². The molecule has 1 rings (SSSR count). The molecule has 0 spiro atoms. The normalized spacial score (nSPS) is 13.2. The Morgan fingerprint density at radius 3 is 2.53 bits per heavy atom. The molecule has 0 aliphatic rings. The highest BCUT2D eigenvalue weighted by Crippen LogP contribution is 2.22. The van der Waals surface area contributed by atoms with Crippen LogP contribution in [-0.4, -0.2) is 22.5 Å². The number of carbonyl (C=O) groups excluding carboxylic acids is 1. The molecule has 1 aromatic rings. The smallest absolute Gasteiger partial charge is 0.252 e. The highest BCUT2D eigenvalue weighted by Gasteiger charge is 2.26. The van der Waals surface area contributed by atoms with Gasteiger partial charge in [0.2, 0.25) is 0 Å². The van der Waals surface area contributed by atoms with Crippen LogP contribution in [0.2, 0.25) is 0 Å². The second kappa shape index (κ2) is 5.91. The molecule has 0 radical (unpaired) electrons. The van der Waals surface area contributed by atoms with Gasteiger partial charge in [0.25, 0.3) is 5.91 Å². The highest BCUT2D eigenvalue weighted by atomic mass is 79.9. The van der Waals surface area contributed by atoms with Crippen molar-refractivity contribution in [2.45, 2.75) is 36.0 Å². The summed E-state index contributed by atoms with van der Waals surface area (Å²) in [6, 6.07) is 7.65. The van der Waals surface area contributed by atoms with Crippen LogP contribution in [0.1, 0.15) is 31.1 Å². The third-order valence-corrected chi connectivity index (χ3v) is 4.72. The Bertz CT molecular complexity index is 404. The third kappa shape index (κ3) is 3.75. The van der Waals surface area contributed by atoms with Gasteiger partial charge >= 0.3 is 0 Å². The Morgan fingerprint density at radius 2 is 2.00 bits per heavy atom. The minimum Gasteiger partial charge on any atom is -0.346 e. The van der Waals surface area contributed by atoms with Crippen molar-refractivity contribution in [1.82, 2.24) is 5.32 Å². The number of alkyl halides is 1. The van der Waals surface area contributed by atoms with Gasteiger partial charge in [-0.15, -0.1) is 11.8 Å². The summed E-state index contributed by atoms with van der Waals surface area (Å²) in [5.41, 5.74) is 0.462. The van der Waals surface area contributed by atoms with Crippen LogP contribution in [-0.2, 0) is 0 Å². The van der Waals surface area contributed by atoms with Gasteiger partial charge in [-0.1, -0.05) is 35.0 Å². The molecule has 0 heterocycles. The number of thioether (sulfide) groups is 1. The number of nitrogens with one attached hydrogen (secondary N) is 1. The Balaban J connectivity index is 2.91. The second-order valence-corrected chi connectivity index (χ2v) is 6.71. The lowest BCUT2D eigenvalue weighted by Crippen LogP contribution is -2.48. The monoisotopic (exact) mass is 315 g/mol. The Hall–Kier alpha value is -0.480. The molecule has 0 saturated heterocycles. The second-order valence-electron chi connectivity index (χ2n) is 4.49. The molecule has 2 nitrogen and oxygen atoms in total. The van der Waals surface area contributed by atoms with Crippen LogP contribution in [0.3, 0.4) is 0 Å². The van der Waals surface area contributed by atoms with Crippen LogP contribution in [0.15, 0.2) is 29.2 Å². The molecule has 1 aromatic carbocycles. The molecule has 0 aromatic heterocycles. The summed E-state index contributed by atoms with van der Waals surface area (Å²) in [5.74, 6) is -0.0220. The number of benzene rings is 1. The fourth-order valence-corrected chi connectivity index (χ4v) is 2.00. The van der Waals surface area contributed by atoms with Crippen molar-refractivity contribution < 1.29 is 4.79 Å². The van der Waals surface area contributed by atoms with E-state index in [-0.39, 0.29) is 16.3 Å². The van der Waals surface area contributed by atoms with Gasteiger partial charge in [-0.25, -0.2) is 0 Å². The van der Waals surface area contributed by atoms with E-state index in [9.17, 15) is 4.79 Å². The van der Waals surface area contributed by atoms with Crippen LogP contribution in [0.4, 0.5) is 0 Å². The van der Waals surface area contributed by atoms with Gasteiger partial charge in [-0.3, -0.25) is 4.79 Å². The van der Waals surface area contributed by atoms with Crippen molar-refractivity contribution in [2.24, 2.45) is 0 Å². The first-order valence-corrected chi connectivity index (χ1v) is 7.62. The first kappa shape index (κ1) is 14.6. The van der Waals surface area contributed by atoms with E-state index in [1.165, 1.54) is 0 Å². The molecule has 1 unspecified atom stereocenters. The predicted molar refractivity (Wildman–Crippen MR) is 78.2 cm³/mol. The molecular formula is C13H18BrNOS. The van der Waals surface area contributed by atoms with Crippen LogP contribution in [0.5, 0.6) is 0 Å². The number of amides is 1. The summed E-state index contributed by atoms with van der Waals surface area (Å²) < 4.78 is 0. The summed E-state index contributed by atoms with van der Waals surface area (Å²) >= 11 is 5.10. The van der Waals surface area contributed by atoms with Crippen LogP contribution < -0.4 is 5.32 Å². The average molecular weight is 316 g/mol. The van der Waals surface area contributed by atoms with Gasteiger partial charge in [-0.2, -0.15) is 0 Å². The summed E-state index contributed by atoms with van der Waals surface area (Å²) in [7, 11) is 0. The van der Waals surface area contributed by atoms with E-state index in [0.29, 0.717) is 0 Å². The number of carbonyl (C=O) groups is 1. The van der Waals surface area contributed by atoms with E-state index in [4.69, 9.17) is 0 Å². The SMILES string of the molecule is CSc1ccccc1C(=O)NC(C)(C)C(C)Br. The maximum atomic E-state index is 12.2. The van der Waals surface area contributed by atoms with E-state index < -0.39 is 0 Å². The molecule has 0 aliphatic heterocycles. The average Bonchev–Trinajstić information content (AvgIpc) is 2.28. The van der Waals surface area contributed by atoms with E-state index in [2.05, 4.69) is 21.2 Å². The predicted octanol–water partition coefficient (Wildman–Crippen LogP) is 3.70. The van der Waals surface area contributed by atoms with Gasteiger partial charge in [0, 0.05) is 15.3 Å². The van der Waals surface area contributed by atoms with Crippen LogP contribution >= 0.6 is 27.7 Å². The lowest BCUT2D eigenvalue weighted by molar-refractivity contribution is 0.0911. The Morgan fingerprint density at radius 1 is 1.41 bits per heavy atom. The molecule has 0 aliphatic carbocycles. The summed E-state index contributed by atoms with van der Waals surface area (Å²) in [4.78, 5) is 13.4. The summed E-state index contributed by atoms with van der Waals surface area (Å²) in [6.07, 6.45) is 1.98. The number of hydrogen-bond donors (Lipinski definition) is 1. The molecule has 94 valence electrons. The lowest BCUT2D eigenvalue weighted by atomic mass is 10.0. The topological polar surface area (TPSA) is 29.1 Å². The quantitative estimate of drug-likeness (QED) is 0.678. The van der Waals surface area contributed by atoms with Gasteiger partial charge in [0.1, 0.15) is 0 Å². The maximum absolute atomic E-state index is 12.2. The summed E-state index contributed by atoms with van der Waals surface area (Å²) in [6.45, 7) is 6.04. The number of hydrogen-bond acceptors (Lipinski definition) is 2. The molecule has 17 heavy (non-hydrogen) atoms. The molecule has 1 atom stereocenters. The van der Waals surface area contributed by atoms with Crippen molar-refractivity contribution in [2.75, 3.05) is 6.26 Å². The molecular weight excluding hydrogens is 298 g/mol. The largest absolute Gasteiger partial charge is 0.346 e. The molecule has 0 fully saturated rings. The van der Waals surface area contributed by atoms with Crippen molar-refractivity contribution >= 4 is 33.6 Å². The maximum Gasteiger partial charge on any atom is 0.252 e. The zero-order valence-electron chi connectivity index (χ0n) is 10.6. The van der Waals surface area contributed by atoms with E-state index in [1.54, 1.807) is 11.8 Å². The standard InChI is InChI=1S/C13H18BrNOS/c1-9(14)13(2,3)15-12(16)10-7-5-6-8-11(10)17-4/h5-9H,1-4H3,(H,15,16). The van der Waals surface area contributed by atoms with E-state index in [0.717, 1.165) is 10.5 Å². The van der Waals surface area contributed by atoms with Gasteiger partial charge in [-0.05, 0) is 32.2 Å².